The molecule has 0 radical (unpaired) electrons. The number of nitrogens with two attached hydrogens (primary N) is 1. The van der Waals surface area contributed by atoms with Gasteiger partial charge in [-0.15, -0.1) is 0 Å². The summed E-state index contributed by atoms with van der Waals surface area (Å²) in [5, 5.41) is 0. The fourth-order valence-corrected chi connectivity index (χ4v) is 1.34. The number of halogens is 1. The number of aromatic nitrogens is 1. The van der Waals surface area contributed by atoms with Gasteiger partial charge in [-0.25, -0.2) is 4.39 Å². The lowest BCUT2D eigenvalue weighted by Gasteiger charge is -2.08. The normalized spacial score (nSPS) is 19.2. The van der Waals surface area contributed by atoms with Crippen molar-refractivity contribution in [2.45, 2.75) is 18.9 Å². The highest BCUT2D eigenvalue weighted by molar-refractivity contribution is 5.16. The van der Waals surface area contributed by atoms with Crippen LogP contribution < -0.4 is 5.73 Å². The first-order valence-electron chi connectivity index (χ1n) is 4.13. The fraction of sp³-hybridized carbons (Fsp3) is 0.444. The van der Waals surface area contributed by atoms with Gasteiger partial charge in [0.25, 0.3) is 0 Å². The summed E-state index contributed by atoms with van der Waals surface area (Å²) >= 11 is 0. The maximum Gasteiger partial charge on any atom is 0.141 e. The average molecular weight is 166 g/mol. The Morgan fingerprint density at radius 3 is 2.83 bits per heavy atom. The lowest BCUT2D eigenvalue weighted by Crippen LogP contribution is -2.12. The van der Waals surface area contributed by atoms with Crippen LogP contribution >= 0.6 is 0 Å². The van der Waals surface area contributed by atoms with Crippen LogP contribution in [0.3, 0.4) is 0 Å². The van der Waals surface area contributed by atoms with Crippen molar-refractivity contribution in [1.82, 2.24) is 4.98 Å². The highest BCUT2D eigenvalue weighted by Crippen LogP contribution is 2.39. The molecule has 1 aliphatic carbocycles. The molecule has 1 atom stereocenters. The molecule has 1 aromatic rings. The van der Waals surface area contributed by atoms with E-state index in [2.05, 4.69) is 4.98 Å². The first-order chi connectivity index (χ1) is 5.77. The van der Waals surface area contributed by atoms with Crippen molar-refractivity contribution in [3.8, 4) is 0 Å². The molecule has 2 rings (SSSR count). The Morgan fingerprint density at radius 2 is 2.25 bits per heavy atom. The minimum Gasteiger partial charge on any atom is -0.324 e. The summed E-state index contributed by atoms with van der Waals surface area (Å²) in [6.07, 6.45) is 5.17. The third-order valence-corrected chi connectivity index (χ3v) is 2.24. The quantitative estimate of drug-likeness (QED) is 0.725. The summed E-state index contributed by atoms with van der Waals surface area (Å²) in [7, 11) is 0. The average Bonchev–Trinajstić information content (AvgIpc) is 2.85. The zero-order valence-electron chi connectivity index (χ0n) is 6.70. The van der Waals surface area contributed by atoms with Gasteiger partial charge < -0.3 is 5.73 Å². The molecular weight excluding hydrogens is 155 g/mol. The van der Waals surface area contributed by atoms with Gasteiger partial charge >= 0.3 is 0 Å². The SMILES string of the molecule is N[C@@H](c1cncc(F)c1)C1CC1. The topological polar surface area (TPSA) is 38.9 Å². The Hall–Kier alpha value is -0.960. The van der Waals surface area contributed by atoms with E-state index in [0.717, 1.165) is 18.4 Å². The van der Waals surface area contributed by atoms with Gasteiger partial charge in [-0.05, 0) is 30.4 Å². The van der Waals surface area contributed by atoms with Crippen molar-refractivity contribution in [3.05, 3.63) is 29.8 Å². The molecule has 0 saturated heterocycles. The van der Waals surface area contributed by atoms with E-state index >= 15 is 0 Å². The molecular formula is C9H11FN2. The summed E-state index contributed by atoms with van der Waals surface area (Å²) in [5.41, 5.74) is 6.68. The molecule has 1 saturated carbocycles. The van der Waals surface area contributed by atoms with Crippen LogP contribution in [0.1, 0.15) is 24.4 Å². The van der Waals surface area contributed by atoms with Crippen LogP contribution in [0, 0.1) is 11.7 Å². The van der Waals surface area contributed by atoms with Crippen molar-refractivity contribution in [1.29, 1.82) is 0 Å². The summed E-state index contributed by atoms with van der Waals surface area (Å²) in [5.74, 6) is 0.247. The van der Waals surface area contributed by atoms with Gasteiger partial charge in [-0.1, -0.05) is 0 Å². The summed E-state index contributed by atoms with van der Waals surface area (Å²) in [4.78, 5) is 3.76. The molecule has 2 N–H and O–H groups in total. The van der Waals surface area contributed by atoms with Gasteiger partial charge in [-0.3, -0.25) is 4.98 Å². The van der Waals surface area contributed by atoms with E-state index < -0.39 is 0 Å². The first kappa shape index (κ1) is 7.68. The molecule has 1 fully saturated rings. The summed E-state index contributed by atoms with van der Waals surface area (Å²) in [6, 6.07) is 1.45. The number of nitrogens with zero attached hydrogens (tertiary/aromatic N) is 1. The molecule has 0 spiro atoms. The number of hydrogen-bond acceptors (Lipinski definition) is 2. The molecule has 12 heavy (non-hydrogen) atoms. The number of rotatable bonds is 2. The largest absolute Gasteiger partial charge is 0.324 e. The van der Waals surface area contributed by atoms with E-state index in [-0.39, 0.29) is 11.9 Å². The lowest BCUT2D eigenvalue weighted by atomic mass is 10.1. The predicted octanol–water partition coefficient (Wildman–Crippen LogP) is 1.63. The minimum atomic E-state index is -0.302. The maximum atomic E-state index is 12.7. The third-order valence-electron chi connectivity index (χ3n) is 2.24. The zero-order chi connectivity index (χ0) is 8.55. The second-order valence-electron chi connectivity index (χ2n) is 3.30. The van der Waals surface area contributed by atoms with Gasteiger partial charge in [0.1, 0.15) is 5.82 Å². The Bertz CT molecular complexity index is 284. The van der Waals surface area contributed by atoms with Gasteiger partial charge in [0, 0.05) is 12.2 Å². The second-order valence-corrected chi connectivity index (χ2v) is 3.30. The first-order valence-corrected chi connectivity index (χ1v) is 4.13. The molecule has 3 heteroatoms. The standard InChI is InChI=1S/C9H11FN2/c10-8-3-7(4-12-5-8)9(11)6-1-2-6/h3-6,9H,1-2,11H2/t9-/m1/s1. The molecule has 0 amide bonds. The second kappa shape index (κ2) is 2.83. The predicted molar refractivity (Wildman–Crippen MR) is 43.8 cm³/mol. The van der Waals surface area contributed by atoms with E-state index in [1.807, 2.05) is 0 Å². The molecule has 2 nitrogen and oxygen atoms in total. The van der Waals surface area contributed by atoms with Crippen LogP contribution in [-0.4, -0.2) is 4.98 Å². The molecule has 1 aromatic heterocycles. The molecule has 0 unspecified atom stereocenters. The maximum absolute atomic E-state index is 12.7. The molecule has 0 aromatic carbocycles. The molecule has 0 bridgehead atoms. The van der Waals surface area contributed by atoms with Gasteiger partial charge in [-0.2, -0.15) is 0 Å². The van der Waals surface area contributed by atoms with E-state index in [4.69, 9.17) is 5.73 Å². The van der Waals surface area contributed by atoms with Gasteiger partial charge in [0.15, 0.2) is 0 Å². The van der Waals surface area contributed by atoms with Gasteiger partial charge in [0.2, 0.25) is 0 Å². The van der Waals surface area contributed by atoms with Crippen LogP contribution in [0.4, 0.5) is 4.39 Å². The van der Waals surface area contributed by atoms with Crippen LogP contribution in [0.2, 0.25) is 0 Å². The Morgan fingerprint density at radius 1 is 1.50 bits per heavy atom. The van der Waals surface area contributed by atoms with Gasteiger partial charge in [0.05, 0.1) is 6.20 Å². The fourth-order valence-electron chi connectivity index (χ4n) is 1.34. The highest BCUT2D eigenvalue weighted by atomic mass is 19.1. The summed E-state index contributed by atoms with van der Waals surface area (Å²) in [6.45, 7) is 0. The number of hydrogen-bond donors (Lipinski definition) is 1. The van der Waals surface area contributed by atoms with Crippen molar-refractivity contribution in [3.63, 3.8) is 0 Å². The van der Waals surface area contributed by atoms with E-state index in [1.165, 1.54) is 12.3 Å². The van der Waals surface area contributed by atoms with Crippen LogP contribution in [-0.2, 0) is 0 Å². The monoisotopic (exact) mass is 166 g/mol. The molecule has 0 aliphatic heterocycles. The van der Waals surface area contributed by atoms with Crippen molar-refractivity contribution in [2.24, 2.45) is 11.7 Å². The minimum absolute atomic E-state index is 0.0202. The van der Waals surface area contributed by atoms with E-state index in [0.29, 0.717) is 5.92 Å². The van der Waals surface area contributed by atoms with Crippen molar-refractivity contribution >= 4 is 0 Å². The Kier molecular flexibility index (Phi) is 1.81. The van der Waals surface area contributed by atoms with Crippen molar-refractivity contribution < 1.29 is 4.39 Å². The van der Waals surface area contributed by atoms with Crippen LogP contribution in [0.25, 0.3) is 0 Å². The van der Waals surface area contributed by atoms with Crippen molar-refractivity contribution in [2.75, 3.05) is 0 Å². The van der Waals surface area contributed by atoms with Crippen LogP contribution in [0.15, 0.2) is 18.5 Å². The lowest BCUT2D eigenvalue weighted by molar-refractivity contribution is 0.594. The molecule has 1 aliphatic rings. The van der Waals surface area contributed by atoms with E-state index in [9.17, 15) is 4.39 Å². The number of pyridine rings is 1. The van der Waals surface area contributed by atoms with E-state index in [1.54, 1.807) is 6.20 Å². The summed E-state index contributed by atoms with van der Waals surface area (Å²) < 4.78 is 12.7. The Balaban J connectivity index is 2.20. The van der Waals surface area contributed by atoms with Crippen LogP contribution in [0.5, 0.6) is 0 Å². The molecule has 64 valence electrons. The Labute approximate surface area is 70.6 Å². The smallest absolute Gasteiger partial charge is 0.141 e. The molecule has 1 heterocycles. The third kappa shape index (κ3) is 1.46. The highest BCUT2D eigenvalue weighted by Gasteiger charge is 2.29. The zero-order valence-corrected chi connectivity index (χ0v) is 6.70.